The minimum atomic E-state index is -0.125. The summed E-state index contributed by atoms with van der Waals surface area (Å²) in [5.41, 5.74) is 5.96. The lowest BCUT2D eigenvalue weighted by Crippen LogP contribution is -2.37. The van der Waals surface area contributed by atoms with Gasteiger partial charge >= 0.3 is 6.03 Å². The molecule has 0 saturated heterocycles. The molecule has 4 N–H and O–H groups in total. The van der Waals surface area contributed by atoms with E-state index < -0.39 is 0 Å². The molecule has 1 aromatic rings. The monoisotopic (exact) mass is 224 g/mol. The topological polar surface area (TPSA) is 96.2 Å². The Labute approximate surface area is 94.1 Å². The van der Waals surface area contributed by atoms with Gasteiger partial charge in [0.25, 0.3) is 0 Å². The number of anilines is 2. The molecule has 16 heavy (non-hydrogen) atoms. The summed E-state index contributed by atoms with van der Waals surface area (Å²) in [4.78, 5) is 20.5. The zero-order chi connectivity index (χ0) is 12.0. The maximum Gasteiger partial charge on any atom is 0.316 e. The molecule has 0 aliphatic rings. The minimum absolute atomic E-state index is 0.125. The van der Waals surface area contributed by atoms with Gasteiger partial charge in [-0.2, -0.15) is 0 Å². The van der Waals surface area contributed by atoms with Crippen LogP contribution in [0.1, 0.15) is 0 Å². The lowest BCUT2D eigenvalue weighted by molar-refractivity contribution is 0.218. The Bertz CT molecular complexity index is 336. The van der Waals surface area contributed by atoms with Crippen LogP contribution in [0.25, 0.3) is 0 Å². The summed E-state index contributed by atoms with van der Waals surface area (Å²) in [5.74, 6) is 0.494. The van der Waals surface area contributed by atoms with Gasteiger partial charge in [0.2, 0.25) is 5.95 Å². The van der Waals surface area contributed by atoms with Crippen LogP contribution in [0.2, 0.25) is 0 Å². The molecule has 7 nitrogen and oxygen atoms in total. The highest BCUT2D eigenvalue weighted by atomic mass is 16.2. The highest BCUT2D eigenvalue weighted by Crippen LogP contribution is 1.99. The second kappa shape index (κ2) is 5.74. The van der Waals surface area contributed by atoms with Gasteiger partial charge in [-0.05, 0) is 0 Å². The van der Waals surface area contributed by atoms with Crippen molar-refractivity contribution >= 4 is 17.7 Å². The summed E-state index contributed by atoms with van der Waals surface area (Å²) >= 11 is 0. The predicted molar refractivity (Wildman–Crippen MR) is 62.0 cm³/mol. The largest absolute Gasteiger partial charge is 0.396 e. The van der Waals surface area contributed by atoms with Gasteiger partial charge in [0, 0.05) is 27.2 Å². The zero-order valence-electron chi connectivity index (χ0n) is 9.40. The van der Waals surface area contributed by atoms with Crippen molar-refractivity contribution in [3.8, 4) is 0 Å². The average molecular weight is 224 g/mol. The number of nitrogen functional groups attached to an aromatic ring is 1. The molecule has 0 radical (unpaired) electrons. The van der Waals surface area contributed by atoms with E-state index in [2.05, 4.69) is 20.6 Å². The van der Waals surface area contributed by atoms with Gasteiger partial charge in [-0.25, -0.2) is 14.8 Å². The van der Waals surface area contributed by atoms with Gasteiger partial charge in [0.15, 0.2) is 0 Å². The van der Waals surface area contributed by atoms with Crippen LogP contribution in [0.4, 0.5) is 16.4 Å². The fraction of sp³-hybridized carbons (Fsp3) is 0.444. The van der Waals surface area contributed by atoms with Crippen LogP contribution < -0.4 is 16.4 Å². The number of rotatable bonds is 4. The van der Waals surface area contributed by atoms with E-state index in [4.69, 9.17) is 5.73 Å². The first-order chi connectivity index (χ1) is 7.59. The summed E-state index contributed by atoms with van der Waals surface area (Å²) in [5, 5.41) is 5.66. The Hall–Kier alpha value is -2.05. The number of urea groups is 1. The van der Waals surface area contributed by atoms with E-state index in [1.165, 1.54) is 17.3 Å². The molecule has 0 saturated carbocycles. The van der Waals surface area contributed by atoms with Crippen LogP contribution in [-0.2, 0) is 0 Å². The number of carbonyl (C=O) groups excluding carboxylic acids is 1. The second-order valence-corrected chi connectivity index (χ2v) is 3.39. The summed E-state index contributed by atoms with van der Waals surface area (Å²) in [6.45, 7) is 1.06. The van der Waals surface area contributed by atoms with E-state index in [0.717, 1.165) is 0 Å². The number of aromatic nitrogens is 2. The first-order valence-corrected chi connectivity index (χ1v) is 4.86. The molecule has 0 aromatic carbocycles. The van der Waals surface area contributed by atoms with Crippen LogP contribution in [0, 0.1) is 0 Å². The van der Waals surface area contributed by atoms with Crippen molar-refractivity contribution in [3.63, 3.8) is 0 Å². The van der Waals surface area contributed by atoms with E-state index in [9.17, 15) is 4.79 Å². The maximum atomic E-state index is 11.1. The fourth-order valence-corrected chi connectivity index (χ4v) is 0.931. The molecule has 0 atom stereocenters. The van der Waals surface area contributed by atoms with Crippen LogP contribution in [-0.4, -0.2) is 48.1 Å². The molecule has 1 heterocycles. The highest BCUT2D eigenvalue weighted by Gasteiger charge is 2.00. The summed E-state index contributed by atoms with van der Waals surface area (Å²) in [7, 11) is 3.37. The van der Waals surface area contributed by atoms with Gasteiger partial charge < -0.3 is 21.3 Å². The molecule has 1 aromatic heterocycles. The Morgan fingerprint density at radius 3 is 2.56 bits per heavy atom. The summed E-state index contributed by atoms with van der Waals surface area (Å²) in [6.07, 6.45) is 3.04. The average Bonchev–Trinajstić information content (AvgIpc) is 2.26. The third-order valence-corrected chi connectivity index (χ3v) is 1.76. The standard InChI is InChI=1S/C9H16N6O/c1-15(2)9(16)12-4-3-11-8-13-5-7(10)6-14-8/h5-6H,3-4,10H2,1-2H3,(H,12,16)(H,11,13,14). The predicted octanol–water partition coefficient (Wildman–Crippen LogP) is -0.258. The molecule has 1 rings (SSSR count). The normalized spacial score (nSPS) is 9.62. The smallest absolute Gasteiger partial charge is 0.316 e. The molecule has 2 amide bonds. The van der Waals surface area contributed by atoms with Gasteiger partial charge in [-0.15, -0.1) is 0 Å². The van der Waals surface area contributed by atoms with Gasteiger partial charge in [0.1, 0.15) is 0 Å². The van der Waals surface area contributed by atoms with Crippen molar-refractivity contribution in [2.24, 2.45) is 0 Å². The molecular formula is C9H16N6O. The van der Waals surface area contributed by atoms with Crippen molar-refractivity contribution in [3.05, 3.63) is 12.4 Å². The van der Waals surface area contributed by atoms with Crippen molar-refractivity contribution in [1.82, 2.24) is 20.2 Å². The number of amides is 2. The van der Waals surface area contributed by atoms with Crippen molar-refractivity contribution < 1.29 is 4.79 Å². The lowest BCUT2D eigenvalue weighted by atomic mass is 10.5. The van der Waals surface area contributed by atoms with Crippen LogP contribution in [0.5, 0.6) is 0 Å². The molecule has 7 heteroatoms. The Kier molecular flexibility index (Phi) is 4.31. The Morgan fingerprint density at radius 1 is 1.38 bits per heavy atom. The van der Waals surface area contributed by atoms with Gasteiger partial charge in [0.05, 0.1) is 18.1 Å². The first kappa shape index (κ1) is 12.0. The number of hydrogen-bond donors (Lipinski definition) is 3. The van der Waals surface area contributed by atoms with E-state index in [-0.39, 0.29) is 6.03 Å². The van der Waals surface area contributed by atoms with Crippen molar-refractivity contribution in [1.29, 1.82) is 0 Å². The van der Waals surface area contributed by atoms with Crippen molar-refractivity contribution in [2.75, 3.05) is 38.2 Å². The van der Waals surface area contributed by atoms with E-state index in [0.29, 0.717) is 24.7 Å². The zero-order valence-corrected chi connectivity index (χ0v) is 9.40. The minimum Gasteiger partial charge on any atom is -0.396 e. The molecule has 0 fully saturated rings. The number of hydrogen-bond acceptors (Lipinski definition) is 5. The van der Waals surface area contributed by atoms with Crippen molar-refractivity contribution in [2.45, 2.75) is 0 Å². The maximum absolute atomic E-state index is 11.1. The number of carbonyl (C=O) groups is 1. The Balaban J connectivity index is 2.21. The first-order valence-electron chi connectivity index (χ1n) is 4.86. The molecule has 0 bridgehead atoms. The lowest BCUT2D eigenvalue weighted by Gasteiger charge is -2.12. The Morgan fingerprint density at radius 2 is 2.00 bits per heavy atom. The van der Waals surface area contributed by atoms with Gasteiger partial charge in [-0.1, -0.05) is 0 Å². The third kappa shape index (κ3) is 3.99. The fourth-order valence-electron chi connectivity index (χ4n) is 0.931. The molecule has 88 valence electrons. The molecular weight excluding hydrogens is 208 g/mol. The summed E-state index contributed by atoms with van der Waals surface area (Å²) < 4.78 is 0. The van der Waals surface area contributed by atoms with Gasteiger partial charge in [-0.3, -0.25) is 0 Å². The quantitative estimate of drug-likeness (QED) is 0.612. The second-order valence-electron chi connectivity index (χ2n) is 3.39. The molecule has 0 spiro atoms. The van der Waals surface area contributed by atoms with E-state index >= 15 is 0 Å². The van der Waals surface area contributed by atoms with Crippen LogP contribution in [0.15, 0.2) is 12.4 Å². The van der Waals surface area contributed by atoms with E-state index in [1.54, 1.807) is 14.1 Å². The SMILES string of the molecule is CN(C)C(=O)NCCNc1ncc(N)cn1. The highest BCUT2D eigenvalue weighted by molar-refractivity contribution is 5.73. The number of nitrogens with one attached hydrogen (secondary N) is 2. The number of nitrogens with two attached hydrogens (primary N) is 1. The molecule has 0 aliphatic heterocycles. The summed E-state index contributed by atoms with van der Waals surface area (Å²) in [6, 6.07) is -0.125. The molecule has 0 unspecified atom stereocenters. The molecule has 0 aliphatic carbocycles. The third-order valence-electron chi connectivity index (χ3n) is 1.76. The van der Waals surface area contributed by atoms with Crippen LogP contribution in [0.3, 0.4) is 0 Å². The van der Waals surface area contributed by atoms with Crippen LogP contribution >= 0.6 is 0 Å². The van der Waals surface area contributed by atoms with E-state index in [1.807, 2.05) is 0 Å². The number of nitrogens with zero attached hydrogens (tertiary/aromatic N) is 3.